The first kappa shape index (κ1) is 17.3. The molecule has 8 heteroatoms. The topological polar surface area (TPSA) is 81.3 Å². The Morgan fingerprint density at radius 3 is 2.48 bits per heavy atom. The molecule has 138 valence electrons. The minimum atomic E-state index is -3.78. The smallest absolute Gasteiger partial charge is 0.265 e. The number of para-hydroxylation sites is 1. The lowest BCUT2D eigenvalue weighted by atomic mass is 10.1. The lowest BCUT2D eigenvalue weighted by Crippen LogP contribution is -2.15. The molecule has 0 unspecified atom stereocenters. The van der Waals surface area contributed by atoms with Gasteiger partial charge in [0.2, 0.25) is 0 Å². The van der Waals surface area contributed by atoms with E-state index in [4.69, 9.17) is 0 Å². The molecule has 0 saturated heterocycles. The SMILES string of the molecule is Cc1nn(C)c(C)c1S(=O)(=O)Nc1ccccc1-c1cn2ccccc2n1. The summed E-state index contributed by atoms with van der Waals surface area (Å²) in [7, 11) is -2.05. The number of anilines is 1. The zero-order valence-corrected chi connectivity index (χ0v) is 16.0. The van der Waals surface area contributed by atoms with E-state index < -0.39 is 10.0 Å². The molecule has 0 aliphatic carbocycles. The minimum absolute atomic E-state index is 0.204. The maximum atomic E-state index is 13.0. The molecule has 0 bridgehead atoms. The van der Waals surface area contributed by atoms with Crippen molar-refractivity contribution in [2.24, 2.45) is 7.05 Å². The Kier molecular flexibility index (Phi) is 4.00. The summed E-state index contributed by atoms with van der Waals surface area (Å²) in [6, 6.07) is 13.0. The molecule has 4 aromatic rings. The third-order valence-corrected chi connectivity index (χ3v) is 6.14. The van der Waals surface area contributed by atoms with Gasteiger partial charge in [0.15, 0.2) is 0 Å². The van der Waals surface area contributed by atoms with Crippen molar-refractivity contribution in [3.05, 3.63) is 66.2 Å². The van der Waals surface area contributed by atoms with E-state index >= 15 is 0 Å². The van der Waals surface area contributed by atoms with E-state index in [0.717, 1.165) is 5.65 Å². The van der Waals surface area contributed by atoms with E-state index in [1.54, 1.807) is 37.7 Å². The van der Waals surface area contributed by atoms with Crippen LogP contribution in [0.25, 0.3) is 16.9 Å². The van der Waals surface area contributed by atoms with Gasteiger partial charge in [-0.2, -0.15) is 5.10 Å². The van der Waals surface area contributed by atoms with Crippen LogP contribution in [0.2, 0.25) is 0 Å². The highest BCUT2D eigenvalue weighted by molar-refractivity contribution is 7.92. The number of pyridine rings is 1. The Bertz CT molecular complexity index is 1220. The van der Waals surface area contributed by atoms with Crippen LogP contribution >= 0.6 is 0 Å². The van der Waals surface area contributed by atoms with Gasteiger partial charge in [0.1, 0.15) is 10.5 Å². The van der Waals surface area contributed by atoms with Crippen molar-refractivity contribution in [1.82, 2.24) is 19.2 Å². The summed E-state index contributed by atoms with van der Waals surface area (Å²) in [6.07, 6.45) is 3.78. The number of nitrogens with one attached hydrogen (secondary N) is 1. The Labute approximate surface area is 157 Å². The molecule has 0 aliphatic rings. The molecule has 1 N–H and O–H groups in total. The molecule has 27 heavy (non-hydrogen) atoms. The van der Waals surface area contributed by atoms with Crippen molar-refractivity contribution >= 4 is 21.4 Å². The molecular formula is C19H19N5O2S. The lowest BCUT2D eigenvalue weighted by molar-refractivity contribution is 0.599. The summed E-state index contributed by atoms with van der Waals surface area (Å²) in [5, 5.41) is 4.21. The Morgan fingerprint density at radius 2 is 1.78 bits per heavy atom. The van der Waals surface area contributed by atoms with E-state index in [0.29, 0.717) is 28.3 Å². The van der Waals surface area contributed by atoms with Crippen LogP contribution in [-0.4, -0.2) is 27.6 Å². The molecule has 0 saturated carbocycles. The number of aromatic nitrogens is 4. The lowest BCUT2D eigenvalue weighted by Gasteiger charge is -2.11. The van der Waals surface area contributed by atoms with Crippen LogP contribution in [0.1, 0.15) is 11.4 Å². The first-order valence-electron chi connectivity index (χ1n) is 8.43. The molecule has 3 aromatic heterocycles. The van der Waals surface area contributed by atoms with Crippen LogP contribution in [0.5, 0.6) is 0 Å². The van der Waals surface area contributed by atoms with Crippen molar-refractivity contribution < 1.29 is 8.42 Å². The van der Waals surface area contributed by atoms with Gasteiger partial charge in [0.25, 0.3) is 10.0 Å². The molecule has 0 spiro atoms. The van der Waals surface area contributed by atoms with Crippen LogP contribution in [0.15, 0.2) is 59.8 Å². The number of aryl methyl sites for hydroxylation is 2. The molecule has 0 radical (unpaired) electrons. The summed E-state index contributed by atoms with van der Waals surface area (Å²) >= 11 is 0. The highest BCUT2D eigenvalue weighted by Crippen LogP contribution is 2.30. The second-order valence-electron chi connectivity index (χ2n) is 6.37. The second kappa shape index (κ2) is 6.24. The number of benzene rings is 1. The molecule has 4 rings (SSSR count). The van der Waals surface area contributed by atoms with E-state index in [-0.39, 0.29) is 4.90 Å². The van der Waals surface area contributed by atoms with Gasteiger partial charge in [-0.15, -0.1) is 0 Å². The van der Waals surface area contributed by atoms with Crippen LogP contribution < -0.4 is 4.72 Å². The van der Waals surface area contributed by atoms with E-state index in [9.17, 15) is 8.42 Å². The average molecular weight is 381 g/mol. The first-order valence-corrected chi connectivity index (χ1v) is 9.91. The van der Waals surface area contributed by atoms with Crippen molar-refractivity contribution in [2.45, 2.75) is 18.7 Å². The van der Waals surface area contributed by atoms with Gasteiger partial charge in [-0.3, -0.25) is 9.40 Å². The van der Waals surface area contributed by atoms with Gasteiger partial charge in [0.05, 0.1) is 22.8 Å². The highest BCUT2D eigenvalue weighted by Gasteiger charge is 2.25. The normalized spacial score (nSPS) is 11.8. The Hall–Kier alpha value is -3.13. The minimum Gasteiger partial charge on any atom is -0.306 e. The molecule has 0 atom stereocenters. The van der Waals surface area contributed by atoms with Gasteiger partial charge in [0, 0.05) is 25.0 Å². The number of fused-ring (bicyclic) bond motifs is 1. The van der Waals surface area contributed by atoms with Crippen molar-refractivity contribution in [3.8, 4) is 11.3 Å². The largest absolute Gasteiger partial charge is 0.306 e. The third-order valence-electron chi connectivity index (χ3n) is 4.52. The van der Waals surface area contributed by atoms with Crippen molar-refractivity contribution in [1.29, 1.82) is 0 Å². The summed E-state index contributed by atoms with van der Waals surface area (Å²) in [4.78, 5) is 4.80. The van der Waals surface area contributed by atoms with E-state index in [1.807, 2.05) is 47.1 Å². The van der Waals surface area contributed by atoms with Gasteiger partial charge < -0.3 is 4.40 Å². The first-order chi connectivity index (χ1) is 12.9. The van der Waals surface area contributed by atoms with Crippen LogP contribution in [0.3, 0.4) is 0 Å². The maximum Gasteiger partial charge on any atom is 0.265 e. The fourth-order valence-corrected chi connectivity index (χ4v) is 4.72. The Morgan fingerprint density at radius 1 is 1.04 bits per heavy atom. The average Bonchev–Trinajstić information content (AvgIpc) is 3.16. The highest BCUT2D eigenvalue weighted by atomic mass is 32.2. The van der Waals surface area contributed by atoms with Gasteiger partial charge in [-0.05, 0) is 32.0 Å². The number of nitrogens with zero attached hydrogens (tertiary/aromatic N) is 4. The zero-order chi connectivity index (χ0) is 19.2. The van der Waals surface area contributed by atoms with Crippen molar-refractivity contribution in [3.63, 3.8) is 0 Å². The monoisotopic (exact) mass is 381 g/mol. The number of hydrogen-bond donors (Lipinski definition) is 1. The van der Waals surface area contributed by atoms with Crippen molar-refractivity contribution in [2.75, 3.05) is 4.72 Å². The molecular weight excluding hydrogens is 362 g/mol. The predicted octanol–water partition coefficient (Wildman–Crippen LogP) is 3.15. The summed E-state index contributed by atoms with van der Waals surface area (Å²) in [5.74, 6) is 0. The van der Waals surface area contributed by atoms with Gasteiger partial charge in [-0.25, -0.2) is 13.4 Å². The van der Waals surface area contributed by atoms with Crippen LogP contribution in [0, 0.1) is 13.8 Å². The molecule has 0 amide bonds. The standard InChI is InChI=1S/C19H19N5O2S/c1-13-19(14(2)23(3)21-13)27(25,26)22-16-9-5-4-8-15(16)17-12-24-11-7-6-10-18(24)20-17/h4-12,22H,1-3H3. The molecule has 1 aromatic carbocycles. The number of sulfonamides is 1. The molecule has 0 fully saturated rings. The fraction of sp³-hybridized carbons (Fsp3) is 0.158. The van der Waals surface area contributed by atoms with Crippen LogP contribution in [0.4, 0.5) is 5.69 Å². The quantitative estimate of drug-likeness (QED) is 0.589. The summed E-state index contributed by atoms with van der Waals surface area (Å²) in [5.41, 5.74) is 3.73. The number of rotatable bonds is 4. The third kappa shape index (κ3) is 2.97. The predicted molar refractivity (Wildman–Crippen MR) is 104 cm³/mol. The van der Waals surface area contributed by atoms with E-state index in [2.05, 4.69) is 14.8 Å². The Balaban J connectivity index is 1.79. The molecule has 3 heterocycles. The molecule has 7 nitrogen and oxygen atoms in total. The maximum absolute atomic E-state index is 13.0. The van der Waals surface area contributed by atoms with E-state index in [1.165, 1.54) is 0 Å². The summed E-state index contributed by atoms with van der Waals surface area (Å²) in [6.45, 7) is 3.43. The number of imidazole rings is 1. The zero-order valence-electron chi connectivity index (χ0n) is 15.2. The second-order valence-corrected chi connectivity index (χ2v) is 7.99. The molecule has 0 aliphatic heterocycles. The summed E-state index contributed by atoms with van der Waals surface area (Å²) < 4.78 is 32.2. The number of hydrogen-bond acceptors (Lipinski definition) is 4. The van der Waals surface area contributed by atoms with Crippen LogP contribution in [-0.2, 0) is 17.1 Å². The van der Waals surface area contributed by atoms with Gasteiger partial charge >= 0.3 is 0 Å². The fourth-order valence-electron chi connectivity index (χ4n) is 3.20. The van der Waals surface area contributed by atoms with Gasteiger partial charge in [-0.1, -0.05) is 24.3 Å².